The first-order chi connectivity index (χ1) is 2.56. The maximum Gasteiger partial charge on any atom is 0.187 e. The molecule has 0 aliphatic rings. The predicted octanol–water partition coefficient (Wildman–Crippen LogP) is -2.54. The van der Waals surface area contributed by atoms with Crippen molar-refractivity contribution in [3.8, 4) is 0 Å². The predicted molar refractivity (Wildman–Crippen MR) is 31.6 cm³/mol. The van der Waals surface area contributed by atoms with Crippen molar-refractivity contribution in [3.63, 3.8) is 0 Å². The van der Waals surface area contributed by atoms with E-state index in [4.69, 9.17) is 9.79 Å². The Kier molecular flexibility index (Phi) is 7.01. The van der Waals surface area contributed by atoms with Crippen molar-refractivity contribution in [1.82, 2.24) is 0 Å². The van der Waals surface area contributed by atoms with Gasteiger partial charge in [0.25, 0.3) is 0 Å². The molecule has 7 heteroatoms. The third kappa shape index (κ3) is 11.2. The fourth-order valence-electron chi connectivity index (χ4n) is 0. The first kappa shape index (κ1) is 11.3. The summed E-state index contributed by atoms with van der Waals surface area (Å²) in [4.78, 5) is 15.5. The Morgan fingerprint density at radius 2 is 1.71 bits per heavy atom. The number of hydrogen-bond donors (Lipinski definition) is 2. The van der Waals surface area contributed by atoms with Crippen molar-refractivity contribution in [1.29, 1.82) is 0 Å². The molecule has 0 amide bonds. The van der Waals surface area contributed by atoms with Gasteiger partial charge in [-0.05, 0) is 0 Å². The summed E-state index contributed by atoms with van der Waals surface area (Å²) in [5.41, 5.74) is 0. The second kappa shape index (κ2) is 4.35. The van der Waals surface area contributed by atoms with E-state index in [1.165, 1.54) is 0 Å². The third-order valence-corrected chi connectivity index (χ3v) is 2.76. The first-order valence-electron chi connectivity index (χ1n) is 1.00. The summed E-state index contributed by atoms with van der Waals surface area (Å²) < 4.78 is 13.2. The van der Waals surface area contributed by atoms with Gasteiger partial charge in [-0.2, -0.15) is 0 Å². The van der Waals surface area contributed by atoms with Gasteiger partial charge in [0, 0.05) is 0 Å². The molecule has 0 aliphatic carbocycles. The van der Waals surface area contributed by atoms with Gasteiger partial charge < -0.3 is 0 Å². The molecule has 0 aliphatic heterocycles. The molecule has 0 saturated carbocycles. The molecule has 0 heterocycles. The number of hydrogen-bond acceptors (Lipinski definition) is 2. The van der Waals surface area contributed by atoms with Crippen molar-refractivity contribution in [2.45, 2.75) is 0 Å². The Balaban J connectivity index is 0. The summed E-state index contributed by atoms with van der Waals surface area (Å²) in [6.07, 6.45) is 0. The second-order valence-electron chi connectivity index (χ2n) is 0.596. The van der Waals surface area contributed by atoms with Gasteiger partial charge in [-0.25, -0.2) is 0 Å². The molecule has 0 spiro atoms. The smallest absolute Gasteiger partial charge is 0.187 e. The van der Waals surface area contributed by atoms with Crippen molar-refractivity contribution in [2.24, 2.45) is 0 Å². The fraction of sp³-hybridized carbons (Fsp3) is 0. The molecule has 0 saturated heterocycles. The molecular weight excluding hydrogens is 244 g/mol. The third-order valence-electron chi connectivity index (χ3n) is 0.137. The Hall–Kier alpha value is 1.46. The summed E-state index contributed by atoms with van der Waals surface area (Å²) in [5, 5.41) is 0. The minimum Gasteiger partial charge on any atom is 0.187 e. The van der Waals surface area contributed by atoms with Crippen molar-refractivity contribution >= 4 is 48.6 Å². The maximum absolute atomic E-state index is 9.50. The topological polar surface area (TPSA) is 66.8 Å². The molecule has 0 bridgehead atoms. The van der Waals surface area contributed by atoms with Crippen LogP contribution in [0, 0.1) is 0 Å². The van der Waals surface area contributed by atoms with Crippen LogP contribution in [0.5, 0.6) is 0 Å². The van der Waals surface area contributed by atoms with E-state index < -0.39 is 7.82 Å². The minimum absolute atomic E-state index is 0. The summed E-state index contributed by atoms with van der Waals surface area (Å²) in [6.45, 7) is 0. The van der Waals surface area contributed by atoms with Crippen LogP contribution in [0.4, 0.5) is 0 Å². The summed E-state index contributed by atoms with van der Waals surface area (Å²) >= 11 is 0.140. The Morgan fingerprint density at radius 3 is 1.71 bits per heavy atom. The standard InChI is InChI=1S/Al.H3O4P.Sb.5H/c;1-5(2,3)4;;;;;;/h;(H3,1,2,3,4);;;;;;/q;;+1;;;;;/p-1. The first-order valence-corrected chi connectivity index (χ1v) is 3.88. The molecule has 44 valence electrons. The number of phosphoric acid groups is 1. The van der Waals surface area contributed by atoms with Crippen LogP contribution in [0.25, 0.3) is 0 Å². The zero-order valence-corrected chi connectivity index (χ0v) is 6.93. The van der Waals surface area contributed by atoms with Gasteiger partial charge in [0.2, 0.25) is 0 Å². The molecule has 0 aromatic rings. The molecule has 0 aromatic heterocycles. The van der Waals surface area contributed by atoms with Gasteiger partial charge in [0.15, 0.2) is 17.4 Å². The molecule has 0 aromatic carbocycles. The molecule has 7 heavy (non-hydrogen) atoms. The average Bonchev–Trinajstić information content (AvgIpc) is 1.35. The average molecular weight is 251 g/mol. The SMILES string of the molecule is O=P(O)(O)[O][SbH2].[AlH3]. The quantitative estimate of drug-likeness (QED) is 0.398. The molecule has 0 radical (unpaired) electrons. The number of rotatable bonds is 1. The zero-order chi connectivity index (χ0) is 5.21. The van der Waals surface area contributed by atoms with Gasteiger partial charge in [0.05, 0.1) is 0 Å². The fourth-order valence-corrected chi connectivity index (χ4v) is 0. The van der Waals surface area contributed by atoms with Crippen LogP contribution in [-0.2, 0) is 7.37 Å². The van der Waals surface area contributed by atoms with E-state index in [0.717, 1.165) is 0 Å². The van der Waals surface area contributed by atoms with Crippen LogP contribution in [0.3, 0.4) is 0 Å². The summed E-state index contributed by atoms with van der Waals surface area (Å²) in [5.74, 6) is 0. The van der Waals surface area contributed by atoms with E-state index in [2.05, 4.69) is 2.80 Å². The Morgan fingerprint density at radius 1 is 1.57 bits per heavy atom. The van der Waals surface area contributed by atoms with Gasteiger partial charge >= 0.3 is 48.4 Å². The minimum atomic E-state index is -4.09. The summed E-state index contributed by atoms with van der Waals surface area (Å²) in [7, 11) is -4.09. The monoisotopic (exact) mass is 250 g/mol. The van der Waals surface area contributed by atoms with Crippen LogP contribution in [0.1, 0.15) is 0 Å². The normalized spacial score (nSPS) is 10.1. The molecule has 4 nitrogen and oxygen atoms in total. The van der Waals surface area contributed by atoms with Crippen molar-refractivity contribution in [3.05, 3.63) is 0 Å². The van der Waals surface area contributed by atoms with E-state index in [1.54, 1.807) is 0 Å². The largest absolute Gasteiger partial charge is 0.187 e. The van der Waals surface area contributed by atoms with Crippen molar-refractivity contribution in [2.75, 3.05) is 0 Å². The van der Waals surface area contributed by atoms with Crippen LogP contribution in [0.15, 0.2) is 0 Å². The maximum atomic E-state index is 9.50. The van der Waals surface area contributed by atoms with Gasteiger partial charge in [-0.1, -0.05) is 0 Å². The van der Waals surface area contributed by atoms with Crippen LogP contribution < -0.4 is 0 Å². The molecule has 0 rings (SSSR count). The Bertz CT molecular complexity index is 75.8. The molecule has 2 N–H and O–H groups in total. The van der Waals surface area contributed by atoms with E-state index in [0.29, 0.717) is 0 Å². The molecular formula is H7AlO4PSb. The van der Waals surface area contributed by atoms with E-state index in [1.807, 2.05) is 0 Å². The zero-order valence-electron chi connectivity index (χ0n) is 2.74. The van der Waals surface area contributed by atoms with E-state index in [9.17, 15) is 4.57 Å². The molecule has 0 fully saturated rings. The summed E-state index contributed by atoms with van der Waals surface area (Å²) in [6, 6.07) is 0. The van der Waals surface area contributed by atoms with Crippen LogP contribution >= 0.6 is 7.82 Å². The van der Waals surface area contributed by atoms with Gasteiger partial charge in [-0.15, -0.1) is 0 Å². The molecule has 0 atom stereocenters. The van der Waals surface area contributed by atoms with E-state index >= 15 is 0 Å². The van der Waals surface area contributed by atoms with Crippen LogP contribution in [-0.4, -0.2) is 50.6 Å². The van der Waals surface area contributed by atoms with E-state index in [-0.39, 0.29) is 40.8 Å². The Labute approximate surface area is 65.7 Å². The van der Waals surface area contributed by atoms with Crippen molar-refractivity contribution < 1.29 is 17.2 Å². The van der Waals surface area contributed by atoms with Crippen LogP contribution in [0.2, 0.25) is 0 Å². The van der Waals surface area contributed by atoms with Gasteiger partial charge in [0.1, 0.15) is 0 Å². The van der Waals surface area contributed by atoms with Gasteiger partial charge in [-0.3, -0.25) is 0 Å². The molecule has 0 unspecified atom stereocenters. The second-order valence-corrected chi connectivity index (χ2v) is 3.59.